The number of benzene rings is 3. The van der Waals surface area contributed by atoms with Crippen LogP contribution in [0.2, 0.25) is 0 Å². The van der Waals surface area contributed by atoms with Crippen molar-refractivity contribution in [3.63, 3.8) is 0 Å². The maximum Gasteiger partial charge on any atom is 0.174 e. The lowest BCUT2D eigenvalue weighted by molar-refractivity contribution is 0.0960. The average molecular weight is 420 g/mol. The first-order valence-corrected chi connectivity index (χ1v) is 10.1. The Morgan fingerprint density at radius 3 is 2.50 bits per heavy atom. The van der Waals surface area contributed by atoms with Crippen LogP contribution < -0.4 is 0 Å². The molecule has 26 heavy (non-hydrogen) atoms. The van der Waals surface area contributed by atoms with E-state index in [2.05, 4.69) is 34.1 Å². The highest BCUT2D eigenvalue weighted by Crippen LogP contribution is 2.51. The largest absolute Gasteiger partial charge is 0.293 e. The molecule has 3 aromatic rings. The van der Waals surface area contributed by atoms with Gasteiger partial charge in [-0.05, 0) is 29.8 Å². The van der Waals surface area contributed by atoms with Crippen LogP contribution >= 0.6 is 27.7 Å². The van der Waals surface area contributed by atoms with Gasteiger partial charge in [0.1, 0.15) is 0 Å². The number of fused-ring (bicyclic) bond motifs is 4. The maximum atomic E-state index is 13.3. The third-order valence-electron chi connectivity index (χ3n) is 4.89. The lowest BCUT2D eigenvalue weighted by Crippen LogP contribution is -2.21. The molecule has 0 N–H and O–H groups in total. The van der Waals surface area contributed by atoms with Gasteiger partial charge < -0.3 is 0 Å². The zero-order valence-electron chi connectivity index (χ0n) is 13.7. The second-order valence-corrected chi connectivity index (χ2v) is 8.54. The van der Waals surface area contributed by atoms with E-state index in [1.165, 1.54) is 0 Å². The Hall–Kier alpha value is -2.17. The molecule has 0 saturated heterocycles. The number of para-hydroxylation sites is 1. The predicted molar refractivity (Wildman–Crippen MR) is 110 cm³/mol. The Bertz CT molecular complexity index is 1070. The number of carbonyl (C=O) groups is 1. The van der Waals surface area contributed by atoms with Crippen molar-refractivity contribution in [2.75, 3.05) is 0 Å². The van der Waals surface area contributed by atoms with Crippen molar-refractivity contribution in [2.45, 2.75) is 10.1 Å². The maximum absolute atomic E-state index is 13.3. The third-order valence-corrected chi connectivity index (χ3v) is 6.78. The molecule has 0 spiro atoms. The standard InChI is InChI=1S/C22H14BrNOS/c23-14-7-5-6-13(12-14)22-19-20(15-8-1-2-9-16(15)21(19)25)24-17-10-3-4-11-18(17)26-22/h1-12,19,22H. The fraction of sp³-hybridized carbons (Fsp3) is 0.0909. The van der Waals surface area contributed by atoms with E-state index in [0.717, 1.165) is 37.5 Å². The topological polar surface area (TPSA) is 29.4 Å². The summed E-state index contributed by atoms with van der Waals surface area (Å²) >= 11 is 5.31. The van der Waals surface area contributed by atoms with Crippen molar-refractivity contribution < 1.29 is 4.79 Å². The summed E-state index contributed by atoms with van der Waals surface area (Å²) in [5.41, 5.74) is 4.74. The Morgan fingerprint density at radius 1 is 0.885 bits per heavy atom. The lowest BCUT2D eigenvalue weighted by Gasteiger charge is -2.21. The number of nitrogens with zero attached hydrogens (tertiary/aromatic N) is 1. The van der Waals surface area contributed by atoms with E-state index < -0.39 is 0 Å². The minimum Gasteiger partial charge on any atom is -0.293 e. The molecule has 0 amide bonds. The van der Waals surface area contributed by atoms with Gasteiger partial charge in [0, 0.05) is 20.5 Å². The molecule has 4 heteroatoms. The summed E-state index contributed by atoms with van der Waals surface area (Å²) in [5, 5.41) is -0.00481. The monoisotopic (exact) mass is 419 g/mol. The molecule has 1 aliphatic carbocycles. The zero-order valence-corrected chi connectivity index (χ0v) is 16.1. The number of hydrogen-bond donors (Lipinski definition) is 0. The van der Waals surface area contributed by atoms with Gasteiger partial charge in [-0.15, -0.1) is 11.8 Å². The number of carbonyl (C=O) groups excluding carboxylic acids is 1. The van der Waals surface area contributed by atoms with Crippen molar-refractivity contribution in [1.29, 1.82) is 0 Å². The van der Waals surface area contributed by atoms with Crippen LogP contribution in [0.25, 0.3) is 0 Å². The van der Waals surface area contributed by atoms with E-state index in [1.807, 2.05) is 54.6 Å². The number of halogens is 1. The first-order chi connectivity index (χ1) is 12.7. The predicted octanol–water partition coefficient (Wildman–Crippen LogP) is 6.23. The normalized spacial score (nSPS) is 20.7. The van der Waals surface area contributed by atoms with Crippen LogP contribution in [0.1, 0.15) is 26.7 Å². The second-order valence-electron chi connectivity index (χ2n) is 6.45. The van der Waals surface area contributed by atoms with Crippen LogP contribution in [0.3, 0.4) is 0 Å². The fourth-order valence-corrected chi connectivity index (χ4v) is 5.47. The highest BCUT2D eigenvalue weighted by atomic mass is 79.9. The number of aliphatic imine (C=N–C) groups is 1. The minimum atomic E-state index is -0.265. The molecule has 2 aliphatic rings. The molecule has 5 rings (SSSR count). The van der Waals surface area contributed by atoms with Crippen molar-refractivity contribution >= 4 is 44.9 Å². The van der Waals surface area contributed by atoms with Gasteiger partial charge in [0.25, 0.3) is 0 Å². The molecule has 0 saturated carbocycles. The number of thioether (sulfide) groups is 1. The minimum absolute atomic E-state index is 0.00481. The van der Waals surface area contributed by atoms with Gasteiger partial charge in [0.15, 0.2) is 5.78 Å². The first-order valence-electron chi connectivity index (χ1n) is 8.46. The van der Waals surface area contributed by atoms with E-state index in [-0.39, 0.29) is 17.0 Å². The summed E-state index contributed by atoms with van der Waals surface area (Å²) in [6, 6.07) is 24.2. The molecule has 0 radical (unpaired) electrons. The summed E-state index contributed by atoms with van der Waals surface area (Å²) in [7, 11) is 0. The number of hydrogen-bond acceptors (Lipinski definition) is 3. The van der Waals surface area contributed by atoms with Gasteiger partial charge in [0.05, 0.1) is 22.6 Å². The molecule has 2 nitrogen and oxygen atoms in total. The Kier molecular flexibility index (Phi) is 3.84. The van der Waals surface area contributed by atoms with E-state index in [1.54, 1.807) is 11.8 Å². The quantitative estimate of drug-likeness (QED) is 0.467. The number of Topliss-reactive ketones (excluding diaryl/α,β-unsaturated/α-hetero) is 1. The molecular weight excluding hydrogens is 406 g/mol. The van der Waals surface area contributed by atoms with Gasteiger partial charge in [-0.3, -0.25) is 9.79 Å². The zero-order chi connectivity index (χ0) is 17.7. The van der Waals surface area contributed by atoms with Gasteiger partial charge in [-0.25, -0.2) is 0 Å². The lowest BCUT2D eigenvalue weighted by atomic mass is 9.93. The average Bonchev–Trinajstić information content (AvgIpc) is 2.83. The van der Waals surface area contributed by atoms with Crippen LogP contribution in [0.15, 0.2) is 87.2 Å². The smallest absolute Gasteiger partial charge is 0.174 e. The van der Waals surface area contributed by atoms with Crippen molar-refractivity contribution in [1.82, 2.24) is 0 Å². The van der Waals surface area contributed by atoms with Crippen molar-refractivity contribution in [3.05, 3.63) is 94.0 Å². The Labute approximate surface area is 164 Å². The summed E-state index contributed by atoms with van der Waals surface area (Å²) < 4.78 is 1.02. The van der Waals surface area contributed by atoms with E-state index in [0.29, 0.717) is 0 Å². The van der Waals surface area contributed by atoms with E-state index in [9.17, 15) is 4.79 Å². The molecule has 0 fully saturated rings. The molecular formula is C22H14BrNOS. The Balaban J connectivity index is 1.76. The highest BCUT2D eigenvalue weighted by molar-refractivity contribution is 9.10. The Morgan fingerprint density at radius 2 is 1.65 bits per heavy atom. The molecule has 3 aromatic carbocycles. The number of ketones is 1. The van der Waals surface area contributed by atoms with Crippen LogP contribution in [-0.4, -0.2) is 11.5 Å². The summed E-state index contributed by atoms with van der Waals surface area (Å²) in [4.78, 5) is 19.4. The van der Waals surface area contributed by atoms with Gasteiger partial charge in [0.2, 0.25) is 0 Å². The van der Waals surface area contributed by atoms with Crippen molar-refractivity contribution in [2.24, 2.45) is 10.9 Å². The van der Waals surface area contributed by atoms with Crippen molar-refractivity contribution in [3.8, 4) is 0 Å². The van der Waals surface area contributed by atoms with Gasteiger partial charge in [-0.2, -0.15) is 0 Å². The first kappa shape index (κ1) is 16.0. The van der Waals surface area contributed by atoms with Crippen LogP contribution in [0.5, 0.6) is 0 Å². The van der Waals surface area contributed by atoms with Crippen LogP contribution in [0, 0.1) is 5.92 Å². The SMILES string of the molecule is O=C1c2ccccc2C2=Nc3ccccc3SC(c3cccc(Br)c3)C12. The summed E-state index contributed by atoms with van der Waals surface area (Å²) in [6.07, 6.45) is 0. The van der Waals surface area contributed by atoms with Gasteiger partial charge in [-0.1, -0.05) is 64.5 Å². The summed E-state index contributed by atoms with van der Waals surface area (Å²) in [5.74, 6) is -0.0938. The molecule has 0 aromatic heterocycles. The number of rotatable bonds is 1. The third kappa shape index (κ3) is 2.48. The molecule has 126 valence electrons. The summed E-state index contributed by atoms with van der Waals surface area (Å²) in [6.45, 7) is 0. The highest BCUT2D eigenvalue weighted by Gasteiger charge is 2.44. The van der Waals surface area contributed by atoms with Gasteiger partial charge >= 0.3 is 0 Å². The molecule has 1 heterocycles. The van der Waals surface area contributed by atoms with Crippen LogP contribution in [-0.2, 0) is 0 Å². The fourth-order valence-electron chi connectivity index (χ4n) is 3.72. The molecule has 1 aliphatic heterocycles. The molecule has 0 bridgehead atoms. The molecule has 2 atom stereocenters. The second kappa shape index (κ2) is 6.22. The van der Waals surface area contributed by atoms with Crippen LogP contribution in [0.4, 0.5) is 5.69 Å². The molecule has 2 unspecified atom stereocenters. The van der Waals surface area contributed by atoms with E-state index >= 15 is 0 Å². The van der Waals surface area contributed by atoms with E-state index in [4.69, 9.17) is 4.99 Å².